The molecule has 0 spiro atoms. The van der Waals surface area contributed by atoms with Gasteiger partial charge in [0.1, 0.15) is 0 Å². The third-order valence-corrected chi connectivity index (χ3v) is 3.48. The molecule has 1 aliphatic carbocycles. The number of carbonyl (C=O) groups is 1. The van der Waals surface area contributed by atoms with E-state index in [1.54, 1.807) is 11.3 Å². The van der Waals surface area contributed by atoms with Gasteiger partial charge in [0.25, 0.3) is 0 Å². The van der Waals surface area contributed by atoms with Gasteiger partial charge in [0, 0.05) is 12.6 Å². The number of thiophene rings is 1. The molecule has 1 amide bonds. The Hall–Kier alpha value is -0.870. The largest absolute Gasteiger partial charge is 0.351 e. The van der Waals surface area contributed by atoms with Crippen LogP contribution in [0.5, 0.6) is 0 Å². The molecule has 0 unspecified atom stereocenters. The standard InChI is InChI=1S/C11H16N2OS/c1-8-6-15-7-9(8)4-13-11(14)5-12-10-2-3-10/h6-7,10,12H,2-5H2,1H3,(H,13,14). The van der Waals surface area contributed by atoms with Crippen molar-refractivity contribution < 1.29 is 4.79 Å². The molecule has 4 heteroatoms. The molecule has 1 aromatic rings. The van der Waals surface area contributed by atoms with Crippen molar-refractivity contribution in [2.45, 2.75) is 32.4 Å². The Balaban J connectivity index is 1.68. The monoisotopic (exact) mass is 224 g/mol. The van der Waals surface area contributed by atoms with E-state index in [1.165, 1.54) is 24.0 Å². The minimum absolute atomic E-state index is 0.0903. The number of hydrogen-bond donors (Lipinski definition) is 2. The van der Waals surface area contributed by atoms with Gasteiger partial charge in [-0.1, -0.05) is 0 Å². The Bertz CT molecular complexity index is 344. The third-order valence-electron chi connectivity index (χ3n) is 2.57. The maximum atomic E-state index is 11.4. The molecule has 0 bridgehead atoms. The lowest BCUT2D eigenvalue weighted by molar-refractivity contribution is -0.120. The highest BCUT2D eigenvalue weighted by Gasteiger charge is 2.20. The van der Waals surface area contributed by atoms with Crippen molar-refractivity contribution in [2.24, 2.45) is 0 Å². The van der Waals surface area contributed by atoms with Gasteiger partial charge >= 0.3 is 0 Å². The zero-order chi connectivity index (χ0) is 10.7. The molecule has 1 fully saturated rings. The van der Waals surface area contributed by atoms with Crippen LogP contribution >= 0.6 is 11.3 Å². The fourth-order valence-corrected chi connectivity index (χ4v) is 2.21. The first-order valence-electron chi connectivity index (χ1n) is 5.27. The van der Waals surface area contributed by atoms with Gasteiger partial charge in [-0.15, -0.1) is 0 Å². The number of nitrogens with one attached hydrogen (secondary N) is 2. The summed E-state index contributed by atoms with van der Waals surface area (Å²) in [6, 6.07) is 0.596. The number of rotatable bonds is 5. The topological polar surface area (TPSA) is 41.1 Å². The second-order valence-electron chi connectivity index (χ2n) is 4.01. The van der Waals surface area contributed by atoms with E-state index < -0.39 is 0 Å². The van der Waals surface area contributed by atoms with Crippen molar-refractivity contribution in [3.05, 3.63) is 21.9 Å². The lowest BCUT2D eigenvalue weighted by Crippen LogP contribution is -2.34. The summed E-state index contributed by atoms with van der Waals surface area (Å²) < 4.78 is 0. The maximum absolute atomic E-state index is 11.4. The minimum Gasteiger partial charge on any atom is -0.351 e. The molecule has 1 aliphatic rings. The molecule has 0 aliphatic heterocycles. The highest BCUT2D eigenvalue weighted by Crippen LogP contribution is 2.18. The van der Waals surface area contributed by atoms with Crippen molar-refractivity contribution in [3.63, 3.8) is 0 Å². The van der Waals surface area contributed by atoms with Crippen LogP contribution in [0.15, 0.2) is 10.8 Å². The van der Waals surface area contributed by atoms with Crippen LogP contribution in [0.25, 0.3) is 0 Å². The van der Waals surface area contributed by atoms with Crippen LogP contribution in [0, 0.1) is 6.92 Å². The van der Waals surface area contributed by atoms with Gasteiger partial charge in [-0.25, -0.2) is 0 Å². The highest BCUT2D eigenvalue weighted by molar-refractivity contribution is 7.08. The Kier molecular flexibility index (Phi) is 3.38. The van der Waals surface area contributed by atoms with Crippen molar-refractivity contribution in [2.75, 3.05) is 6.54 Å². The molecule has 0 saturated heterocycles. The molecule has 3 nitrogen and oxygen atoms in total. The average Bonchev–Trinajstić information content (AvgIpc) is 2.96. The van der Waals surface area contributed by atoms with Crippen LogP contribution in [0.1, 0.15) is 24.0 Å². The number of amides is 1. The van der Waals surface area contributed by atoms with E-state index >= 15 is 0 Å². The lowest BCUT2D eigenvalue weighted by Gasteiger charge is -2.05. The van der Waals surface area contributed by atoms with Gasteiger partial charge in [-0.2, -0.15) is 11.3 Å². The van der Waals surface area contributed by atoms with E-state index in [4.69, 9.17) is 0 Å². The predicted octanol–water partition coefficient (Wildman–Crippen LogP) is 1.42. The van der Waals surface area contributed by atoms with E-state index in [2.05, 4.69) is 28.3 Å². The summed E-state index contributed by atoms with van der Waals surface area (Å²) in [6.45, 7) is 3.18. The molecule has 1 aromatic heterocycles. The second-order valence-corrected chi connectivity index (χ2v) is 4.76. The molecule has 0 radical (unpaired) electrons. The van der Waals surface area contributed by atoms with E-state index in [9.17, 15) is 4.79 Å². The number of aryl methyl sites for hydroxylation is 1. The van der Waals surface area contributed by atoms with Crippen molar-refractivity contribution in [1.29, 1.82) is 0 Å². The van der Waals surface area contributed by atoms with Crippen LogP contribution in [-0.2, 0) is 11.3 Å². The highest BCUT2D eigenvalue weighted by atomic mass is 32.1. The third kappa shape index (κ3) is 3.32. The molecule has 2 N–H and O–H groups in total. The molecule has 82 valence electrons. The number of hydrogen-bond acceptors (Lipinski definition) is 3. The van der Waals surface area contributed by atoms with Gasteiger partial charge < -0.3 is 10.6 Å². The summed E-state index contributed by atoms with van der Waals surface area (Å²) in [7, 11) is 0. The Morgan fingerprint density at radius 3 is 2.93 bits per heavy atom. The minimum atomic E-state index is 0.0903. The zero-order valence-electron chi connectivity index (χ0n) is 8.88. The molecular weight excluding hydrogens is 208 g/mol. The first kappa shape index (κ1) is 10.6. The van der Waals surface area contributed by atoms with Gasteiger partial charge in [0.05, 0.1) is 6.54 Å². The van der Waals surface area contributed by atoms with Gasteiger partial charge in [-0.3, -0.25) is 4.79 Å². The van der Waals surface area contributed by atoms with Crippen molar-refractivity contribution in [3.8, 4) is 0 Å². The van der Waals surface area contributed by atoms with Crippen LogP contribution in [-0.4, -0.2) is 18.5 Å². The average molecular weight is 224 g/mol. The van der Waals surface area contributed by atoms with Crippen molar-refractivity contribution in [1.82, 2.24) is 10.6 Å². The van der Waals surface area contributed by atoms with Crippen molar-refractivity contribution >= 4 is 17.2 Å². The van der Waals surface area contributed by atoms with Crippen LogP contribution in [0.4, 0.5) is 0 Å². The molecule has 2 rings (SSSR count). The zero-order valence-corrected chi connectivity index (χ0v) is 9.69. The van der Waals surface area contributed by atoms with E-state index in [0.717, 1.165) is 0 Å². The van der Waals surface area contributed by atoms with Gasteiger partial charge in [-0.05, 0) is 41.7 Å². The van der Waals surface area contributed by atoms with Crippen LogP contribution < -0.4 is 10.6 Å². The summed E-state index contributed by atoms with van der Waals surface area (Å²) in [4.78, 5) is 11.4. The summed E-state index contributed by atoms with van der Waals surface area (Å²) in [5, 5.41) is 10.3. The quantitative estimate of drug-likeness (QED) is 0.794. The van der Waals surface area contributed by atoms with Gasteiger partial charge in [0.2, 0.25) is 5.91 Å². The normalized spacial score (nSPS) is 15.3. The first-order chi connectivity index (χ1) is 7.25. The Labute approximate surface area is 93.9 Å². The first-order valence-corrected chi connectivity index (χ1v) is 6.22. The molecule has 0 aromatic carbocycles. The predicted molar refractivity (Wildman–Crippen MR) is 61.9 cm³/mol. The molecule has 1 heterocycles. The van der Waals surface area contributed by atoms with Crippen LogP contribution in [0.3, 0.4) is 0 Å². The van der Waals surface area contributed by atoms with Gasteiger partial charge in [0.15, 0.2) is 0 Å². The number of carbonyl (C=O) groups excluding carboxylic acids is 1. The summed E-state index contributed by atoms with van der Waals surface area (Å²) >= 11 is 1.68. The molecule has 1 saturated carbocycles. The second kappa shape index (κ2) is 4.77. The van der Waals surface area contributed by atoms with E-state index in [0.29, 0.717) is 19.1 Å². The van der Waals surface area contributed by atoms with E-state index in [-0.39, 0.29) is 5.91 Å². The fourth-order valence-electron chi connectivity index (χ4n) is 1.35. The molecule has 0 atom stereocenters. The van der Waals surface area contributed by atoms with E-state index in [1.807, 2.05) is 0 Å². The molecular formula is C11H16N2OS. The summed E-state index contributed by atoms with van der Waals surface area (Å²) in [5.41, 5.74) is 2.48. The maximum Gasteiger partial charge on any atom is 0.234 e. The smallest absolute Gasteiger partial charge is 0.234 e. The Morgan fingerprint density at radius 2 is 2.33 bits per heavy atom. The summed E-state index contributed by atoms with van der Waals surface area (Å²) in [5.74, 6) is 0.0903. The molecule has 15 heavy (non-hydrogen) atoms. The Morgan fingerprint density at radius 1 is 1.53 bits per heavy atom. The SMILES string of the molecule is Cc1cscc1CNC(=O)CNC1CC1. The van der Waals surface area contributed by atoms with Crippen LogP contribution in [0.2, 0.25) is 0 Å². The fraction of sp³-hybridized carbons (Fsp3) is 0.545. The summed E-state index contributed by atoms with van der Waals surface area (Å²) in [6.07, 6.45) is 2.44. The lowest BCUT2D eigenvalue weighted by atomic mass is 10.2.